The van der Waals surface area contributed by atoms with E-state index in [1.54, 1.807) is 12.1 Å². The second-order valence-electron chi connectivity index (χ2n) is 8.28. The third-order valence-corrected chi connectivity index (χ3v) is 5.99. The highest BCUT2D eigenvalue weighted by atomic mass is 35.5. The minimum atomic E-state index is -0.799. The van der Waals surface area contributed by atoms with Crippen LogP contribution in [0, 0.1) is 0 Å². The van der Waals surface area contributed by atoms with E-state index in [2.05, 4.69) is 15.6 Å². The molecule has 2 aromatic carbocycles. The Hall–Kier alpha value is -3.66. The number of para-hydroxylation sites is 1. The summed E-state index contributed by atoms with van der Waals surface area (Å²) in [4.78, 5) is 34.5. The van der Waals surface area contributed by atoms with E-state index in [9.17, 15) is 14.0 Å². The Morgan fingerprint density at radius 3 is 2.86 bits per heavy atom. The minimum Gasteiger partial charge on any atom is -0.492 e. The first kappa shape index (κ1) is 26.9. The molecule has 1 aromatic heterocycles. The van der Waals surface area contributed by atoms with E-state index >= 15 is 0 Å². The predicted molar refractivity (Wildman–Crippen MR) is 139 cm³/mol. The highest BCUT2D eigenvalue weighted by Gasteiger charge is 2.28. The maximum Gasteiger partial charge on any atom is 0.252 e. The molecule has 1 aliphatic rings. The Bertz CT molecular complexity index is 1290. The molecule has 1 atom stereocenters. The number of aromatic nitrogens is 2. The van der Waals surface area contributed by atoms with E-state index in [0.29, 0.717) is 60.8 Å². The number of nitrogens with one attached hydrogen (secondary N) is 2. The van der Waals surface area contributed by atoms with Crippen LogP contribution in [0.25, 0.3) is 11.0 Å². The van der Waals surface area contributed by atoms with E-state index in [4.69, 9.17) is 15.5 Å². The number of nitrogens with zero attached hydrogens (tertiary/aromatic N) is 3. The van der Waals surface area contributed by atoms with E-state index in [-0.39, 0.29) is 30.1 Å². The number of nitrogens with two attached hydrogens (primary N) is 1. The number of carbonyl (C=O) groups is 2. The van der Waals surface area contributed by atoms with Gasteiger partial charge in [0.1, 0.15) is 29.6 Å². The van der Waals surface area contributed by atoms with Crippen LogP contribution in [-0.2, 0) is 13.6 Å². The van der Waals surface area contributed by atoms with Crippen molar-refractivity contribution in [2.75, 3.05) is 19.8 Å². The Kier molecular flexibility index (Phi) is 8.87. The topological polar surface area (TPSA) is 124 Å². The lowest BCUT2D eigenvalue weighted by molar-refractivity contribution is 0.0912. The summed E-state index contributed by atoms with van der Waals surface area (Å²) in [5.41, 5.74) is 8.55. The molecule has 0 aliphatic carbocycles. The van der Waals surface area contributed by atoms with E-state index in [1.165, 1.54) is 0 Å². The number of alkyl halides is 1. The number of hydrogen-bond acceptors (Lipinski definition) is 5. The summed E-state index contributed by atoms with van der Waals surface area (Å²) >= 11 is 0. The second-order valence-corrected chi connectivity index (χ2v) is 8.28. The number of carbonyl (C=O) groups excluding carboxylic acids is 2. The highest BCUT2D eigenvalue weighted by molar-refractivity contribution is 6.09. The van der Waals surface area contributed by atoms with Gasteiger partial charge < -0.3 is 25.7 Å². The number of hydrogen-bond donors (Lipinski definition) is 3. The van der Waals surface area contributed by atoms with Gasteiger partial charge in [-0.3, -0.25) is 14.6 Å². The fraction of sp³-hybridized carbons (Fsp3) is 0.360. The van der Waals surface area contributed by atoms with Crippen molar-refractivity contribution >= 4 is 41.1 Å². The summed E-state index contributed by atoms with van der Waals surface area (Å²) in [5.74, 6) is 0.616. The largest absolute Gasteiger partial charge is 0.492 e. The molecule has 192 valence electrons. The number of halogens is 2. The molecule has 0 saturated heterocycles. The third kappa shape index (κ3) is 5.43. The lowest BCUT2D eigenvalue weighted by atomic mass is 10.0. The van der Waals surface area contributed by atoms with Gasteiger partial charge in [0.25, 0.3) is 11.8 Å². The smallest absolute Gasteiger partial charge is 0.252 e. The van der Waals surface area contributed by atoms with Crippen molar-refractivity contribution in [1.82, 2.24) is 20.2 Å². The molecule has 4 rings (SSSR count). The number of aryl methyl sites for hydroxylation is 1. The molecule has 4 N–H and O–H groups in total. The zero-order chi connectivity index (χ0) is 24.9. The van der Waals surface area contributed by atoms with Crippen LogP contribution in [0.4, 0.5) is 4.39 Å². The molecule has 2 heterocycles. The Balaban J connectivity index is 0.00000361. The normalized spacial score (nSPS) is 13.6. The molecular formula is C25H30ClFN6O3. The first-order chi connectivity index (χ1) is 16.9. The van der Waals surface area contributed by atoms with Crippen LogP contribution in [0.3, 0.4) is 0 Å². The van der Waals surface area contributed by atoms with Gasteiger partial charge in [-0.05, 0) is 43.5 Å². The van der Waals surface area contributed by atoms with Gasteiger partial charge in [-0.1, -0.05) is 18.2 Å². The number of ether oxygens (including phenoxy) is 1. The van der Waals surface area contributed by atoms with Gasteiger partial charge in [-0.2, -0.15) is 0 Å². The minimum absolute atomic E-state index is 0. The molecule has 1 unspecified atom stereocenters. The highest BCUT2D eigenvalue weighted by Crippen LogP contribution is 2.29. The summed E-state index contributed by atoms with van der Waals surface area (Å²) in [7, 11) is 1.88. The van der Waals surface area contributed by atoms with Gasteiger partial charge in [-0.25, -0.2) is 9.37 Å². The molecule has 9 nitrogen and oxygen atoms in total. The average molecular weight is 517 g/mol. The number of benzene rings is 2. The zero-order valence-electron chi connectivity index (χ0n) is 20.2. The van der Waals surface area contributed by atoms with Gasteiger partial charge in [0.05, 0.1) is 29.3 Å². The standard InChI is InChI=1S/C25H29FN6O3.ClH/c1-3-35-19-11-5-10-18-22(19)31-23(32(18)2)17(9-6-12-28-20(27)13-26)30-24(33)16-8-4-7-15-14-29-25(34)21(15)16;/h4-5,7-8,10-11,17H,3,6,9,12-14H2,1-2H3,(H2,27,28)(H,29,34)(H,30,33);1H. The van der Waals surface area contributed by atoms with E-state index in [0.717, 1.165) is 11.1 Å². The number of fused-ring (bicyclic) bond motifs is 2. The van der Waals surface area contributed by atoms with Crippen LogP contribution in [-0.4, -0.2) is 47.0 Å². The summed E-state index contributed by atoms with van der Waals surface area (Å²) in [6.07, 6.45) is 1.03. The van der Waals surface area contributed by atoms with Crippen LogP contribution in [0.2, 0.25) is 0 Å². The molecule has 2 amide bonds. The summed E-state index contributed by atoms with van der Waals surface area (Å²) in [6, 6.07) is 10.4. The van der Waals surface area contributed by atoms with Crippen molar-refractivity contribution in [2.45, 2.75) is 32.4 Å². The Morgan fingerprint density at radius 1 is 1.33 bits per heavy atom. The molecule has 0 fully saturated rings. The lowest BCUT2D eigenvalue weighted by Gasteiger charge is -2.19. The molecule has 36 heavy (non-hydrogen) atoms. The van der Waals surface area contributed by atoms with Crippen LogP contribution < -0.4 is 21.1 Å². The zero-order valence-corrected chi connectivity index (χ0v) is 21.0. The van der Waals surface area contributed by atoms with Crippen molar-refractivity contribution in [3.05, 3.63) is 58.9 Å². The first-order valence-electron chi connectivity index (χ1n) is 11.6. The molecular weight excluding hydrogens is 487 g/mol. The van der Waals surface area contributed by atoms with Gasteiger partial charge in [-0.15, -0.1) is 12.4 Å². The van der Waals surface area contributed by atoms with Gasteiger partial charge >= 0.3 is 0 Å². The maximum absolute atomic E-state index is 13.4. The SMILES string of the molecule is CCOc1cccc2c1nc(C(CCCN=C(N)CF)NC(=O)c1cccc3c1C(=O)NC3)n2C.Cl. The monoisotopic (exact) mass is 516 g/mol. The summed E-state index contributed by atoms with van der Waals surface area (Å²) in [5, 5.41) is 5.82. The number of rotatable bonds is 10. The van der Waals surface area contributed by atoms with Crippen molar-refractivity contribution in [1.29, 1.82) is 0 Å². The van der Waals surface area contributed by atoms with Crippen LogP contribution in [0.1, 0.15) is 57.9 Å². The number of amides is 2. The number of aliphatic imine (C=N–C) groups is 1. The van der Waals surface area contributed by atoms with Crippen molar-refractivity contribution in [3.8, 4) is 5.75 Å². The molecule has 0 saturated carbocycles. The first-order valence-corrected chi connectivity index (χ1v) is 11.6. The van der Waals surface area contributed by atoms with Gasteiger partial charge in [0.2, 0.25) is 0 Å². The quantitative estimate of drug-likeness (QED) is 0.217. The maximum atomic E-state index is 13.4. The fourth-order valence-electron chi connectivity index (χ4n) is 4.32. The van der Waals surface area contributed by atoms with Gasteiger partial charge in [0, 0.05) is 20.1 Å². The van der Waals surface area contributed by atoms with E-state index in [1.807, 2.05) is 42.8 Å². The van der Waals surface area contributed by atoms with Crippen molar-refractivity contribution in [2.24, 2.45) is 17.8 Å². The number of imidazole rings is 1. The van der Waals surface area contributed by atoms with Crippen LogP contribution in [0.5, 0.6) is 5.75 Å². The molecule has 0 radical (unpaired) electrons. The van der Waals surface area contributed by atoms with Gasteiger partial charge in [0.15, 0.2) is 0 Å². The summed E-state index contributed by atoms with van der Waals surface area (Å²) in [6.45, 7) is 2.33. The molecule has 0 spiro atoms. The average Bonchev–Trinajstić information content (AvgIpc) is 3.41. The number of amidine groups is 1. The molecule has 11 heteroatoms. The van der Waals surface area contributed by atoms with Crippen LogP contribution >= 0.6 is 12.4 Å². The summed E-state index contributed by atoms with van der Waals surface area (Å²) < 4.78 is 20.3. The second kappa shape index (κ2) is 11.9. The Morgan fingerprint density at radius 2 is 2.11 bits per heavy atom. The molecule has 0 bridgehead atoms. The predicted octanol–water partition coefficient (Wildman–Crippen LogP) is 3.22. The van der Waals surface area contributed by atoms with Crippen molar-refractivity contribution in [3.63, 3.8) is 0 Å². The van der Waals surface area contributed by atoms with Crippen molar-refractivity contribution < 1.29 is 18.7 Å². The van der Waals surface area contributed by atoms with E-state index < -0.39 is 12.7 Å². The molecule has 3 aromatic rings. The fourth-order valence-corrected chi connectivity index (χ4v) is 4.32. The Labute approximate surface area is 214 Å². The van der Waals surface area contributed by atoms with Crippen LogP contribution in [0.15, 0.2) is 41.4 Å². The lowest BCUT2D eigenvalue weighted by Crippen LogP contribution is -2.32. The molecule has 1 aliphatic heterocycles. The third-order valence-electron chi connectivity index (χ3n) is 5.99.